The van der Waals surface area contributed by atoms with Crippen molar-refractivity contribution in [2.45, 2.75) is 32.7 Å². The molecular weight excluding hydrogens is 298 g/mol. The van der Waals surface area contributed by atoms with Gasteiger partial charge in [-0.05, 0) is 67.1 Å². The van der Waals surface area contributed by atoms with Crippen molar-refractivity contribution in [3.05, 3.63) is 63.1 Å². The largest absolute Gasteiger partial charge is 0.378 e. The molecule has 0 fully saturated rings. The molecule has 1 aliphatic carbocycles. The van der Waals surface area contributed by atoms with Crippen LogP contribution in [0.1, 0.15) is 34.7 Å². The first-order valence-corrected chi connectivity index (χ1v) is 7.55. The maximum atomic E-state index is 3.71. The summed E-state index contributed by atoms with van der Waals surface area (Å²) in [5.41, 5.74) is 6.88. The van der Waals surface area contributed by atoms with Gasteiger partial charge in [0.25, 0.3) is 0 Å². The van der Waals surface area contributed by atoms with E-state index < -0.39 is 0 Å². The van der Waals surface area contributed by atoms with Gasteiger partial charge in [0, 0.05) is 10.2 Å². The number of nitrogens with one attached hydrogen (secondary N) is 1. The van der Waals surface area contributed by atoms with E-state index in [1.165, 1.54) is 38.8 Å². The summed E-state index contributed by atoms with van der Waals surface area (Å²) in [6.07, 6.45) is 2.34. The van der Waals surface area contributed by atoms with Crippen LogP contribution in [0.15, 0.2) is 40.9 Å². The number of halogens is 1. The Hall–Kier alpha value is -1.28. The van der Waals surface area contributed by atoms with Crippen LogP contribution in [-0.4, -0.2) is 0 Å². The molecule has 0 saturated carbocycles. The van der Waals surface area contributed by atoms with Crippen molar-refractivity contribution in [3.63, 3.8) is 0 Å². The lowest BCUT2D eigenvalue weighted by atomic mass is 10.1. The van der Waals surface area contributed by atoms with Crippen molar-refractivity contribution in [1.82, 2.24) is 0 Å². The number of benzene rings is 2. The minimum atomic E-state index is 0.448. The first-order valence-electron chi connectivity index (χ1n) is 6.76. The van der Waals surface area contributed by atoms with Crippen LogP contribution >= 0.6 is 15.9 Å². The number of hydrogen-bond donors (Lipinski definition) is 1. The molecule has 0 aliphatic heterocycles. The highest BCUT2D eigenvalue weighted by molar-refractivity contribution is 9.10. The molecule has 0 spiro atoms. The van der Waals surface area contributed by atoms with E-state index in [0.717, 1.165) is 6.42 Å². The number of hydrogen-bond acceptors (Lipinski definition) is 1. The molecule has 2 aromatic carbocycles. The lowest BCUT2D eigenvalue weighted by Gasteiger charge is -2.18. The highest BCUT2D eigenvalue weighted by atomic mass is 79.9. The third-order valence-electron chi connectivity index (χ3n) is 4.12. The Morgan fingerprint density at radius 2 is 2.00 bits per heavy atom. The Morgan fingerprint density at radius 1 is 1.16 bits per heavy atom. The summed E-state index contributed by atoms with van der Waals surface area (Å²) in [6.45, 7) is 4.36. The molecule has 2 heteroatoms. The third-order valence-corrected chi connectivity index (χ3v) is 4.61. The van der Waals surface area contributed by atoms with E-state index >= 15 is 0 Å². The van der Waals surface area contributed by atoms with Crippen molar-refractivity contribution in [1.29, 1.82) is 0 Å². The van der Waals surface area contributed by atoms with Crippen molar-refractivity contribution in [2.75, 3.05) is 5.32 Å². The second kappa shape index (κ2) is 5.01. The molecule has 98 valence electrons. The first-order chi connectivity index (χ1) is 9.15. The molecule has 0 saturated heterocycles. The third kappa shape index (κ3) is 2.42. The van der Waals surface area contributed by atoms with Crippen molar-refractivity contribution in [3.8, 4) is 0 Å². The molecule has 0 aromatic heterocycles. The van der Waals surface area contributed by atoms with E-state index in [1.54, 1.807) is 0 Å². The SMILES string of the molecule is Cc1cccc(NC2CCc3cc(Br)ccc32)c1C. The van der Waals surface area contributed by atoms with Crippen molar-refractivity contribution in [2.24, 2.45) is 0 Å². The fourth-order valence-corrected chi connectivity index (χ4v) is 3.24. The normalized spacial score (nSPS) is 17.3. The summed E-state index contributed by atoms with van der Waals surface area (Å²) in [6, 6.07) is 13.6. The van der Waals surface area contributed by atoms with Gasteiger partial charge in [0.2, 0.25) is 0 Å². The highest BCUT2D eigenvalue weighted by Gasteiger charge is 2.22. The van der Waals surface area contributed by atoms with E-state index in [1.807, 2.05) is 0 Å². The number of fused-ring (bicyclic) bond motifs is 1. The Kier molecular flexibility index (Phi) is 3.36. The van der Waals surface area contributed by atoms with Gasteiger partial charge in [-0.3, -0.25) is 0 Å². The summed E-state index contributed by atoms with van der Waals surface area (Å²) in [5.74, 6) is 0. The molecule has 0 amide bonds. The quantitative estimate of drug-likeness (QED) is 0.806. The average molecular weight is 316 g/mol. The molecule has 1 atom stereocenters. The van der Waals surface area contributed by atoms with Crippen LogP contribution < -0.4 is 5.32 Å². The minimum absolute atomic E-state index is 0.448. The Morgan fingerprint density at radius 3 is 2.84 bits per heavy atom. The van der Waals surface area contributed by atoms with E-state index in [4.69, 9.17) is 0 Å². The highest BCUT2D eigenvalue weighted by Crippen LogP contribution is 2.36. The van der Waals surface area contributed by atoms with E-state index in [-0.39, 0.29) is 0 Å². The minimum Gasteiger partial charge on any atom is -0.378 e. The second-order valence-electron chi connectivity index (χ2n) is 5.33. The van der Waals surface area contributed by atoms with Gasteiger partial charge in [0.05, 0.1) is 6.04 Å². The number of anilines is 1. The van der Waals surface area contributed by atoms with Crippen LogP contribution in [0.4, 0.5) is 5.69 Å². The van der Waals surface area contributed by atoms with Crippen LogP contribution in [0.2, 0.25) is 0 Å². The maximum Gasteiger partial charge on any atom is 0.0519 e. The molecule has 0 heterocycles. The topological polar surface area (TPSA) is 12.0 Å². The molecule has 0 radical (unpaired) electrons. The summed E-state index contributed by atoms with van der Waals surface area (Å²) >= 11 is 3.55. The van der Waals surface area contributed by atoms with Gasteiger partial charge < -0.3 is 5.32 Å². The van der Waals surface area contributed by atoms with Crippen LogP contribution in [0, 0.1) is 13.8 Å². The van der Waals surface area contributed by atoms with Gasteiger partial charge in [-0.1, -0.05) is 34.1 Å². The Balaban J connectivity index is 1.89. The predicted molar refractivity (Wildman–Crippen MR) is 84.7 cm³/mol. The van der Waals surface area contributed by atoms with Crippen LogP contribution in [0.3, 0.4) is 0 Å². The molecular formula is C17H18BrN. The molecule has 0 bridgehead atoms. The summed E-state index contributed by atoms with van der Waals surface area (Å²) in [4.78, 5) is 0. The fourth-order valence-electron chi connectivity index (χ4n) is 2.83. The zero-order chi connectivity index (χ0) is 13.4. The number of aryl methyl sites for hydroxylation is 2. The molecule has 19 heavy (non-hydrogen) atoms. The first kappa shape index (κ1) is 12.7. The van der Waals surface area contributed by atoms with Crippen LogP contribution in [0.25, 0.3) is 0 Å². The molecule has 3 rings (SSSR count). The molecule has 1 aliphatic rings. The Labute approximate surface area is 123 Å². The van der Waals surface area contributed by atoms with Crippen molar-refractivity contribution >= 4 is 21.6 Å². The summed E-state index contributed by atoms with van der Waals surface area (Å²) < 4.78 is 1.18. The monoisotopic (exact) mass is 315 g/mol. The molecule has 2 aromatic rings. The van der Waals surface area contributed by atoms with Crippen molar-refractivity contribution < 1.29 is 0 Å². The lowest BCUT2D eigenvalue weighted by Crippen LogP contribution is -2.08. The maximum absolute atomic E-state index is 3.71. The molecule has 1 unspecified atom stereocenters. The van der Waals surface area contributed by atoms with E-state index in [2.05, 4.69) is 71.5 Å². The van der Waals surface area contributed by atoms with E-state index in [0.29, 0.717) is 6.04 Å². The van der Waals surface area contributed by atoms with Gasteiger partial charge in [-0.25, -0.2) is 0 Å². The molecule has 1 N–H and O–H groups in total. The van der Waals surface area contributed by atoms with Gasteiger partial charge >= 0.3 is 0 Å². The molecule has 1 nitrogen and oxygen atoms in total. The lowest BCUT2D eigenvalue weighted by molar-refractivity contribution is 0.761. The smallest absolute Gasteiger partial charge is 0.0519 e. The standard InChI is InChI=1S/C17H18BrN/c1-11-4-3-5-16(12(11)2)19-17-9-6-13-10-14(18)7-8-15(13)17/h3-5,7-8,10,17,19H,6,9H2,1-2H3. The van der Waals surface area contributed by atoms with Gasteiger partial charge in [0.15, 0.2) is 0 Å². The zero-order valence-electron chi connectivity index (χ0n) is 11.3. The zero-order valence-corrected chi connectivity index (χ0v) is 12.9. The second-order valence-corrected chi connectivity index (χ2v) is 6.24. The summed E-state index contributed by atoms with van der Waals surface area (Å²) in [5, 5.41) is 3.71. The van der Waals surface area contributed by atoms with Gasteiger partial charge in [-0.2, -0.15) is 0 Å². The fraction of sp³-hybridized carbons (Fsp3) is 0.294. The van der Waals surface area contributed by atoms with Gasteiger partial charge in [0.1, 0.15) is 0 Å². The summed E-state index contributed by atoms with van der Waals surface area (Å²) in [7, 11) is 0. The average Bonchev–Trinajstić information content (AvgIpc) is 2.77. The predicted octanol–water partition coefficient (Wildman–Crippen LogP) is 5.17. The van der Waals surface area contributed by atoms with Crippen LogP contribution in [0.5, 0.6) is 0 Å². The van der Waals surface area contributed by atoms with E-state index in [9.17, 15) is 0 Å². The van der Waals surface area contributed by atoms with Crippen LogP contribution in [-0.2, 0) is 6.42 Å². The van der Waals surface area contributed by atoms with Gasteiger partial charge in [-0.15, -0.1) is 0 Å². The Bertz CT molecular complexity index is 619. The number of rotatable bonds is 2.